The lowest BCUT2D eigenvalue weighted by Crippen LogP contribution is -2.24. The molecule has 130 valence electrons. The molecule has 5 nitrogen and oxygen atoms in total. The first-order valence-corrected chi connectivity index (χ1v) is 9.21. The van der Waals surface area contributed by atoms with Gasteiger partial charge in [-0.1, -0.05) is 18.2 Å². The third kappa shape index (κ3) is 3.65. The van der Waals surface area contributed by atoms with E-state index in [0.717, 1.165) is 32.7 Å². The van der Waals surface area contributed by atoms with Crippen LogP contribution in [0.3, 0.4) is 0 Å². The van der Waals surface area contributed by atoms with Gasteiger partial charge in [0.1, 0.15) is 5.76 Å². The van der Waals surface area contributed by atoms with Crippen molar-refractivity contribution < 1.29 is 9.21 Å². The SMILES string of the molecule is O=C(CSc1c[nH]c2ccccc12)NCc1cncc(-c2ccco2)c1. The number of para-hydroxylation sites is 1. The van der Waals surface area contributed by atoms with Crippen molar-refractivity contribution in [2.45, 2.75) is 11.4 Å². The topological polar surface area (TPSA) is 70.9 Å². The zero-order chi connectivity index (χ0) is 17.8. The number of H-pyrrole nitrogens is 1. The van der Waals surface area contributed by atoms with E-state index in [0.29, 0.717) is 12.3 Å². The summed E-state index contributed by atoms with van der Waals surface area (Å²) in [5.74, 6) is 1.12. The minimum absolute atomic E-state index is 0.0105. The Morgan fingerprint density at radius 1 is 1.19 bits per heavy atom. The number of aromatic amines is 1. The average molecular weight is 363 g/mol. The van der Waals surface area contributed by atoms with Crippen LogP contribution in [-0.4, -0.2) is 21.6 Å². The van der Waals surface area contributed by atoms with Gasteiger partial charge in [-0.25, -0.2) is 0 Å². The number of nitrogens with one attached hydrogen (secondary N) is 2. The smallest absolute Gasteiger partial charge is 0.230 e. The second kappa shape index (κ2) is 7.49. The highest BCUT2D eigenvalue weighted by Crippen LogP contribution is 2.27. The summed E-state index contributed by atoms with van der Waals surface area (Å²) in [5.41, 5.74) is 2.91. The van der Waals surface area contributed by atoms with Crippen LogP contribution in [0.5, 0.6) is 0 Å². The minimum atomic E-state index is -0.0105. The number of furan rings is 1. The third-order valence-electron chi connectivity index (χ3n) is 4.00. The van der Waals surface area contributed by atoms with Crippen LogP contribution in [-0.2, 0) is 11.3 Å². The van der Waals surface area contributed by atoms with Crippen molar-refractivity contribution in [3.05, 3.63) is 72.9 Å². The Hall–Kier alpha value is -2.99. The van der Waals surface area contributed by atoms with Gasteiger partial charge >= 0.3 is 0 Å². The molecule has 0 aliphatic carbocycles. The highest BCUT2D eigenvalue weighted by molar-refractivity contribution is 8.00. The average Bonchev–Trinajstić information content (AvgIpc) is 3.35. The van der Waals surface area contributed by atoms with E-state index in [1.807, 2.05) is 42.6 Å². The van der Waals surface area contributed by atoms with Gasteiger partial charge in [0, 0.05) is 46.5 Å². The van der Waals surface area contributed by atoms with Crippen LogP contribution in [0, 0.1) is 0 Å². The van der Waals surface area contributed by atoms with E-state index in [1.54, 1.807) is 18.7 Å². The van der Waals surface area contributed by atoms with E-state index in [2.05, 4.69) is 21.4 Å². The normalized spacial score (nSPS) is 10.9. The molecule has 4 aromatic rings. The summed E-state index contributed by atoms with van der Waals surface area (Å²) in [5, 5.41) is 4.08. The molecule has 0 radical (unpaired) electrons. The molecule has 4 rings (SSSR count). The Morgan fingerprint density at radius 3 is 3.00 bits per heavy atom. The minimum Gasteiger partial charge on any atom is -0.464 e. The maximum Gasteiger partial charge on any atom is 0.230 e. The maximum absolute atomic E-state index is 12.2. The van der Waals surface area contributed by atoms with Gasteiger partial charge in [-0.15, -0.1) is 11.8 Å². The fraction of sp³-hybridized carbons (Fsp3) is 0.100. The van der Waals surface area contributed by atoms with Crippen molar-refractivity contribution in [2.24, 2.45) is 0 Å². The van der Waals surface area contributed by atoms with E-state index in [4.69, 9.17) is 4.42 Å². The van der Waals surface area contributed by atoms with Crippen molar-refractivity contribution in [3.63, 3.8) is 0 Å². The molecule has 0 aliphatic heterocycles. The van der Waals surface area contributed by atoms with E-state index >= 15 is 0 Å². The summed E-state index contributed by atoms with van der Waals surface area (Å²) >= 11 is 1.53. The molecule has 6 heteroatoms. The number of fused-ring (bicyclic) bond motifs is 1. The summed E-state index contributed by atoms with van der Waals surface area (Å²) < 4.78 is 5.38. The van der Waals surface area contributed by atoms with Crippen LogP contribution in [0.15, 0.2) is 76.6 Å². The Bertz CT molecular complexity index is 1020. The lowest BCUT2D eigenvalue weighted by atomic mass is 10.1. The third-order valence-corrected chi connectivity index (χ3v) is 5.06. The molecule has 0 spiro atoms. The number of amides is 1. The van der Waals surface area contributed by atoms with Crippen molar-refractivity contribution in [1.29, 1.82) is 0 Å². The maximum atomic E-state index is 12.2. The molecular formula is C20H17N3O2S. The van der Waals surface area contributed by atoms with Crippen LogP contribution >= 0.6 is 11.8 Å². The Kier molecular flexibility index (Phi) is 4.75. The van der Waals surface area contributed by atoms with Gasteiger partial charge in [-0.05, 0) is 29.8 Å². The first-order chi connectivity index (χ1) is 12.8. The number of carbonyl (C=O) groups excluding carboxylic acids is 1. The molecule has 1 amide bonds. The molecule has 26 heavy (non-hydrogen) atoms. The fourth-order valence-electron chi connectivity index (χ4n) is 2.72. The zero-order valence-electron chi connectivity index (χ0n) is 13.9. The van der Waals surface area contributed by atoms with E-state index in [9.17, 15) is 4.79 Å². The number of rotatable bonds is 6. The molecule has 0 atom stereocenters. The largest absolute Gasteiger partial charge is 0.464 e. The van der Waals surface area contributed by atoms with E-state index < -0.39 is 0 Å². The van der Waals surface area contributed by atoms with Crippen LogP contribution < -0.4 is 5.32 Å². The first kappa shape index (κ1) is 16.5. The molecular weight excluding hydrogens is 346 g/mol. The van der Waals surface area contributed by atoms with Gasteiger partial charge in [0.25, 0.3) is 0 Å². The number of aromatic nitrogens is 2. The van der Waals surface area contributed by atoms with Gasteiger partial charge in [-0.3, -0.25) is 9.78 Å². The molecule has 0 saturated heterocycles. The van der Waals surface area contributed by atoms with Crippen molar-refractivity contribution >= 4 is 28.6 Å². The lowest BCUT2D eigenvalue weighted by molar-refractivity contribution is -0.118. The lowest BCUT2D eigenvalue weighted by Gasteiger charge is -2.06. The second-order valence-electron chi connectivity index (χ2n) is 5.82. The molecule has 0 aliphatic rings. The van der Waals surface area contributed by atoms with Gasteiger partial charge in [-0.2, -0.15) is 0 Å². The summed E-state index contributed by atoms with van der Waals surface area (Å²) in [6.07, 6.45) is 7.07. The highest BCUT2D eigenvalue weighted by atomic mass is 32.2. The van der Waals surface area contributed by atoms with E-state index in [-0.39, 0.29) is 5.91 Å². The molecule has 3 heterocycles. The Morgan fingerprint density at radius 2 is 2.12 bits per heavy atom. The molecule has 0 bridgehead atoms. The fourth-order valence-corrected chi connectivity index (χ4v) is 3.59. The second-order valence-corrected chi connectivity index (χ2v) is 6.84. The van der Waals surface area contributed by atoms with Crippen LogP contribution in [0.25, 0.3) is 22.2 Å². The summed E-state index contributed by atoms with van der Waals surface area (Å²) in [7, 11) is 0. The number of carbonyl (C=O) groups is 1. The van der Waals surface area contributed by atoms with Crippen molar-refractivity contribution in [2.75, 3.05) is 5.75 Å². The predicted molar refractivity (Wildman–Crippen MR) is 103 cm³/mol. The number of thioether (sulfide) groups is 1. The molecule has 0 saturated carbocycles. The van der Waals surface area contributed by atoms with Gasteiger partial charge in [0.2, 0.25) is 5.91 Å². The van der Waals surface area contributed by atoms with Crippen LogP contribution in [0.1, 0.15) is 5.56 Å². The summed E-state index contributed by atoms with van der Waals surface area (Å²) in [4.78, 5) is 20.7. The number of benzene rings is 1. The van der Waals surface area contributed by atoms with Crippen molar-refractivity contribution in [3.8, 4) is 11.3 Å². The summed E-state index contributed by atoms with van der Waals surface area (Å²) in [6.45, 7) is 0.439. The monoisotopic (exact) mass is 363 g/mol. The van der Waals surface area contributed by atoms with Crippen molar-refractivity contribution in [1.82, 2.24) is 15.3 Å². The number of nitrogens with zero attached hydrogens (tertiary/aromatic N) is 1. The first-order valence-electron chi connectivity index (χ1n) is 8.23. The number of hydrogen-bond donors (Lipinski definition) is 2. The predicted octanol–water partition coefficient (Wildman–Crippen LogP) is 4.23. The van der Waals surface area contributed by atoms with Gasteiger partial charge in [0.05, 0.1) is 12.0 Å². The highest BCUT2D eigenvalue weighted by Gasteiger charge is 2.08. The Balaban J connectivity index is 1.34. The molecule has 0 fully saturated rings. The molecule has 1 aromatic carbocycles. The molecule has 2 N–H and O–H groups in total. The number of pyridine rings is 1. The summed E-state index contributed by atoms with van der Waals surface area (Å²) in [6, 6.07) is 13.8. The molecule has 0 unspecified atom stereocenters. The van der Waals surface area contributed by atoms with Crippen LogP contribution in [0.2, 0.25) is 0 Å². The quantitative estimate of drug-likeness (QED) is 0.503. The van der Waals surface area contributed by atoms with E-state index in [1.165, 1.54) is 11.8 Å². The number of hydrogen-bond acceptors (Lipinski definition) is 4. The van der Waals surface area contributed by atoms with Crippen LogP contribution in [0.4, 0.5) is 0 Å². The zero-order valence-corrected chi connectivity index (χ0v) is 14.8. The van der Waals surface area contributed by atoms with Gasteiger partial charge in [0.15, 0.2) is 0 Å². The van der Waals surface area contributed by atoms with Gasteiger partial charge < -0.3 is 14.7 Å². The molecule has 3 aromatic heterocycles. The Labute approximate surface area is 154 Å². The standard InChI is InChI=1S/C20H17N3O2S/c24-20(13-26-19-12-22-17-5-2-1-4-16(17)19)23-10-14-8-15(11-21-9-14)18-6-3-7-25-18/h1-9,11-12,22H,10,13H2,(H,23,24).